The molecule has 170 valence electrons. The zero-order valence-corrected chi connectivity index (χ0v) is 19.2. The van der Waals surface area contributed by atoms with E-state index >= 15 is 0 Å². The second-order valence-corrected chi connectivity index (χ2v) is 8.79. The number of nitriles is 1. The number of hydrogen-bond acceptors (Lipinski definition) is 6. The highest BCUT2D eigenvalue weighted by Crippen LogP contribution is 2.28. The summed E-state index contributed by atoms with van der Waals surface area (Å²) in [4.78, 5) is 33.3. The van der Waals surface area contributed by atoms with Crippen LogP contribution in [0.15, 0.2) is 54.2 Å². The summed E-state index contributed by atoms with van der Waals surface area (Å²) in [7, 11) is 0. The van der Waals surface area contributed by atoms with Gasteiger partial charge in [0.15, 0.2) is 0 Å². The molecule has 0 unspecified atom stereocenters. The van der Waals surface area contributed by atoms with Crippen molar-refractivity contribution < 1.29 is 14.7 Å². The first-order chi connectivity index (χ1) is 15.9. The Morgan fingerprint density at radius 1 is 1.21 bits per heavy atom. The molecule has 0 spiro atoms. The van der Waals surface area contributed by atoms with E-state index in [1.54, 1.807) is 12.4 Å². The molecule has 9 heteroatoms. The molecule has 0 saturated carbocycles. The Hall–Kier alpha value is -3.77. The number of benzene rings is 1. The van der Waals surface area contributed by atoms with Gasteiger partial charge in [-0.1, -0.05) is 38.1 Å². The maximum absolute atomic E-state index is 12.4. The van der Waals surface area contributed by atoms with E-state index in [4.69, 9.17) is 0 Å². The lowest BCUT2D eigenvalue weighted by Gasteiger charge is -2.21. The number of carbonyl (C=O) groups excluding carboxylic acids is 1. The number of aromatic nitrogens is 2. The Bertz CT molecular complexity index is 1120. The number of pyridine rings is 1. The van der Waals surface area contributed by atoms with E-state index in [1.807, 2.05) is 61.7 Å². The van der Waals surface area contributed by atoms with E-state index in [-0.39, 0.29) is 18.9 Å². The average Bonchev–Trinajstić information content (AvgIpc) is 3.29. The summed E-state index contributed by atoms with van der Waals surface area (Å²) in [5.41, 5.74) is 3.59. The van der Waals surface area contributed by atoms with Gasteiger partial charge in [-0.15, -0.1) is 11.3 Å². The van der Waals surface area contributed by atoms with Gasteiger partial charge >= 0.3 is 12.1 Å². The summed E-state index contributed by atoms with van der Waals surface area (Å²) in [6, 6.07) is 11.8. The first-order valence-electron chi connectivity index (χ1n) is 10.5. The lowest BCUT2D eigenvalue weighted by molar-refractivity contribution is 0.145. The second kappa shape index (κ2) is 11.2. The van der Waals surface area contributed by atoms with Crippen LogP contribution in [-0.2, 0) is 6.42 Å². The third-order valence-corrected chi connectivity index (χ3v) is 5.85. The predicted octanol–water partition coefficient (Wildman–Crippen LogP) is 5.04. The quantitative estimate of drug-likeness (QED) is 0.483. The Labute approximate surface area is 196 Å². The summed E-state index contributed by atoms with van der Waals surface area (Å²) in [6.07, 6.45) is 2.98. The molecular weight excluding hydrogens is 438 g/mol. The molecule has 1 aromatic carbocycles. The molecule has 0 aliphatic heterocycles. The molecule has 2 aromatic heterocycles. The zero-order valence-electron chi connectivity index (χ0n) is 18.4. The molecule has 2 N–H and O–H groups in total. The van der Waals surface area contributed by atoms with Gasteiger partial charge in [0.1, 0.15) is 11.0 Å². The molecule has 0 aliphatic rings. The molecule has 8 nitrogen and oxygen atoms in total. The van der Waals surface area contributed by atoms with E-state index < -0.39 is 18.2 Å². The molecule has 3 aromatic rings. The number of carboxylic acid groups (broad SMARTS) is 1. The van der Waals surface area contributed by atoms with Crippen LogP contribution in [0.5, 0.6) is 0 Å². The molecule has 1 atom stereocenters. The molecule has 0 fully saturated rings. The minimum Gasteiger partial charge on any atom is -0.465 e. The van der Waals surface area contributed by atoms with Gasteiger partial charge in [-0.3, -0.25) is 4.98 Å². The molecule has 0 saturated heterocycles. The fourth-order valence-corrected chi connectivity index (χ4v) is 3.92. The van der Waals surface area contributed by atoms with Crippen molar-refractivity contribution in [3.8, 4) is 27.9 Å². The molecule has 2 heterocycles. The number of thiazole rings is 1. The van der Waals surface area contributed by atoms with Crippen LogP contribution in [0.3, 0.4) is 0 Å². The van der Waals surface area contributed by atoms with E-state index in [9.17, 15) is 20.0 Å². The fourth-order valence-electron chi connectivity index (χ4n) is 3.10. The van der Waals surface area contributed by atoms with E-state index in [2.05, 4.69) is 15.3 Å². The van der Waals surface area contributed by atoms with Crippen LogP contribution in [0.1, 0.15) is 25.8 Å². The molecule has 0 bridgehead atoms. The standard InChI is InChI=1S/C24H25N5O3S/c1-16(2)9-11-29(24(31)32)23(30)27-20(13-25)12-17-5-7-18(8-6-17)21-15-33-22(28-21)19-4-3-10-26-14-19/h3-8,10,14-16,20H,9,11-12H2,1-2H3,(H,27,30)(H,31,32)/t20-/m0/s1. The number of hydrogen-bond donors (Lipinski definition) is 2. The number of rotatable bonds is 8. The van der Waals surface area contributed by atoms with Gasteiger partial charge in [0.05, 0.1) is 11.8 Å². The van der Waals surface area contributed by atoms with Gasteiger partial charge in [0.25, 0.3) is 0 Å². The van der Waals surface area contributed by atoms with Gasteiger partial charge in [-0.25, -0.2) is 19.5 Å². The van der Waals surface area contributed by atoms with Gasteiger partial charge < -0.3 is 10.4 Å². The van der Waals surface area contributed by atoms with Crippen LogP contribution in [0.4, 0.5) is 9.59 Å². The number of imide groups is 1. The number of carbonyl (C=O) groups is 2. The largest absolute Gasteiger partial charge is 0.465 e. The number of urea groups is 1. The van der Waals surface area contributed by atoms with E-state index in [0.29, 0.717) is 6.42 Å². The van der Waals surface area contributed by atoms with Crippen LogP contribution in [0, 0.1) is 17.2 Å². The van der Waals surface area contributed by atoms with Crippen LogP contribution >= 0.6 is 11.3 Å². The molecule has 3 rings (SSSR count). The SMILES string of the molecule is CC(C)CCN(C(=O)O)C(=O)N[C@H](C#N)Cc1ccc(-c2csc(-c3cccnc3)n2)cc1. The van der Waals surface area contributed by atoms with Crippen molar-refractivity contribution in [1.82, 2.24) is 20.2 Å². The van der Waals surface area contributed by atoms with Gasteiger partial charge in [-0.05, 0) is 30.0 Å². The van der Waals surface area contributed by atoms with E-state index in [1.165, 1.54) is 11.3 Å². The topological polar surface area (TPSA) is 119 Å². The molecule has 3 amide bonds. The molecule has 0 aliphatic carbocycles. The van der Waals surface area contributed by atoms with Crippen molar-refractivity contribution in [3.05, 3.63) is 59.7 Å². The average molecular weight is 464 g/mol. The Balaban J connectivity index is 1.63. The smallest absolute Gasteiger partial charge is 0.415 e. The molecular formula is C24H25N5O3S. The summed E-state index contributed by atoms with van der Waals surface area (Å²) in [5, 5.41) is 24.2. The number of amides is 3. The van der Waals surface area contributed by atoms with Crippen LogP contribution in [-0.4, -0.2) is 44.7 Å². The third kappa shape index (κ3) is 6.60. The Morgan fingerprint density at radius 3 is 2.58 bits per heavy atom. The minimum atomic E-state index is -1.33. The summed E-state index contributed by atoms with van der Waals surface area (Å²) < 4.78 is 0. The van der Waals surface area contributed by atoms with Crippen LogP contribution in [0.2, 0.25) is 0 Å². The van der Waals surface area contributed by atoms with Gasteiger partial charge in [0.2, 0.25) is 0 Å². The maximum atomic E-state index is 12.4. The maximum Gasteiger partial charge on any atom is 0.415 e. The lowest BCUT2D eigenvalue weighted by Crippen LogP contribution is -2.47. The zero-order chi connectivity index (χ0) is 23.8. The third-order valence-electron chi connectivity index (χ3n) is 4.96. The second-order valence-electron chi connectivity index (χ2n) is 7.93. The monoisotopic (exact) mass is 463 g/mol. The highest BCUT2D eigenvalue weighted by atomic mass is 32.1. The lowest BCUT2D eigenvalue weighted by atomic mass is 10.0. The molecule has 0 radical (unpaired) electrons. The Morgan fingerprint density at radius 2 is 1.97 bits per heavy atom. The van der Waals surface area contributed by atoms with Crippen LogP contribution in [0.25, 0.3) is 21.8 Å². The number of nitrogens with one attached hydrogen (secondary N) is 1. The summed E-state index contributed by atoms with van der Waals surface area (Å²) >= 11 is 1.54. The van der Waals surface area contributed by atoms with Crippen molar-refractivity contribution in [2.24, 2.45) is 5.92 Å². The summed E-state index contributed by atoms with van der Waals surface area (Å²) in [5.74, 6) is 0.253. The number of nitrogens with zero attached hydrogens (tertiary/aromatic N) is 4. The van der Waals surface area contributed by atoms with Crippen molar-refractivity contribution in [3.63, 3.8) is 0 Å². The van der Waals surface area contributed by atoms with Crippen LogP contribution < -0.4 is 5.32 Å². The highest BCUT2D eigenvalue weighted by molar-refractivity contribution is 7.13. The van der Waals surface area contributed by atoms with Crippen molar-refractivity contribution in [2.75, 3.05) is 6.54 Å². The molecule has 33 heavy (non-hydrogen) atoms. The first kappa shape index (κ1) is 23.9. The fraction of sp³-hybridized carbons (Fsp3) is 0.292. The Kier molecular flexibility index (Phi) is 8.11. The van der Waals surface area contributed by atoms with Crippen molar-refractivity contribution >= 4 is 23.5 Å². The minimum absolute atomic E-state index is 0.0837. The van der Waals surface area contributed by atoms with Gasteiger partial charge in [-0.2, -0.15) is 5.26 Å². The summed E-state index contributed by atoms with van der Waals surface area (Å²) in [6.45, 7) is 3.98. The normalized spacial score (nSPS) is 11.6. The predicted molar refractivity (Wildman–Crippen MR) is 127 cm³/mol. The van der Waals surface area contributed by atoms with E-state index in [0.717, 1.165) is 32.3 Å². The highest BCUT2D eigenvalue weighted by Gasteiger charge is 2.23. The van der Waals surface area contributed by atoms with Crippen molar-refractivity contribution in [2.45, 2.75) is 32.7 Å². The van der Waals surface area contributed by atoms with Crippen molar-refractivity contribution in [1.29, 1.82) is 5.26 Å². The van der Waals surface area contributed by atoms with Gasteiger partial charge in [0, 0.05) is 41.9 Å². The first-order valence-corrected chi connectivity index (χ1v) is 11.4.